The maximum Gasteiger partial charge on any atom is 0.248 e. The van der Waals surface area contributed by atoms with E-state index < -0.39 is 23.3 Å². The van der Waals surface area contributed by atoms with Gasteiger partial charge < -0.3 is 21.7 Å². The fourth-order valence-electron chi connectivity index (χ4n) is 8.31. The number of nitriles is 1. The molecule has 7 rings (SSSR count). The number of nitrogens with zero attached hydrogens (tertiary/aromatic N) is 5. The fraction of sp³-hybridized carbons (Fsp3) is 0.400. The van der Waals surface area contributed by atoms with Crippen LogP contribution in [0.1, 0.15) is 58.6 Å². The first-order valence-electron chi connectivity index (χ1n) is 16.2. The highest BCUT2D eigenvalue weighted by molar-refractivity contribution is 5.95. The lowest BCUT2D eigenvalue weighted by atomic mass is 9.60. The topological polar surface area (TPSA) is 197 Å². The summed E-state index contributed by atoms with van der Waals surface area (Å²) in [6.07, 6.45) is 9.24. The molecule has 1 aliphatic heterocycles. The number of allylic oxidation sites excluding steroid dienone is 2. The predicted molar refractivity (Wildman–Crippen MR) is 171 cm³/mol. The van der Waals surface area contributed by atoms with Gasteiger partial charge in [0.2, 0.25) is 17.7 Å². The number of rotatable bonds is 10. The van der Waals surface area contributed by atoms with Gasteiger partial charge in [-0.05, 0) is 91.3 Å². The maximum absolute atomic E-state index is 14.0. The van der Waals surface area contributed by atoms with E-state index in [1.807, 2.05) is 18.2 Å². The van der Waals surface area contributed by atoms with Crippen molar-refractivity contribution in [3.05, 3.63) is 100 Å². The molecular formula is C35H36FN9O3. The molecule has 48 heavy (non-hydrogen) atoms. The lowest BCUT2D eigenvalue weighted by Crippen LogP contribution is -2.50. The van der Waals surface area contributed by atoms with Crippen LogP contribution in [0.3, 0.4) is 0 Å². The van der Waals surface area contributed by atoms with Gasteiger partial charge in [-0.25, -0.2) is 4.39 Å². The van der Waals surface area contributed by atoms with Gasteiger partial charge >= 0.3 is 0 Å². The number of likely N-dealkylation sites (tertiary alicyclic amines) is 1. The van der Waals surface area contributed by atoms with Crippen LogP contribution in [0.25, 0.3) is 0 Å². The van der Waals surface area contributed by atoms with E-state index in [0.29, 0.717) is 55.0 Å². The van der Waals surface area contributed by atoms with E-state index in [2.05, 4.69) is 32.0 Å². The Morgan fingerprint density at radius 1 is 1.15 bits per heavy atom. The Hall–Kier alpha value is -5.22. The standard InChI is InChI=1S/C35H36FN9O3/c36-25-7-1-19(2-8-25)11-26(40-18-31(46)45-27(17-37)14-24-15-30(24)45)16-35(34-41-43-44-42-34)28-9-5-22(32(38)47)12-20(28)3-4-21-13-23(33(39)48)6-10-29(21)35/h1-2,5-10,12-13,20,24,26-28,30,40H,3-4,11,14-16,18H2,(H2,38,47)(H2,39,48)(H,41,42,43,44)/t20?,24-,26-,27?,28?,30+,35?/m1/s1. The molecule has 7 atom stereocenters. The molecule has 3 amide bonds. The molecule has 1 aromatic heterocycles. The SMILES string of the molecule is N#CC1C[C@@H]2C[C@@H]2N1C(=O)CN[C@H](Cc1ccc(F)cc1)CC1(c2nn[nH]n2)c2ccc(C(N)=O)cc2CCC2C=C(C(N)=O)C=CC21. The summed E-state index contributed by atoms with van der Waals surface area (Å²) in [5.74, 6) is -1.22. The number of aryl methyl sites for hydroxylation is 1. The van der Waals surface area contributed by atoms with Gasteiger partial charge in [0.25, 0.3) is 0 Å². The van der Waals surface area contributed by atoms with Crippen LogP contribution in [0.15, 0.2) is 66.3 Å². The lowest BCUT2D eigenvalue weighted by Gasteiger charge is -2.43. The molecule has 0 spiro atoms. The number of nitrogens with two attached hydrogens (primary N) is 2. The molecule has 6 N–H and O–H groups in total. The summed E-state index contributed by atoms with van der Waals surface area (Å²) in [5, 5.41) is 28.9. The lowest BCUT2D eigenvalue weighted by molar-refractivity contribution is -0.131. The number of carbonyl (C=O) groups is 3. The van der Waals surface area contributed by atoms with Gasteiger partial charge in [0, 0.05) is 29.1 Å². The van der Waals surface area contributed by atoms with Crippen LogP contribution in [0, 0.1) is 34.9 Å². The van der Waals surface area contributed by atoms with E-state index >= 15 is 0 Å². The van der Waals surface area contributed by atoms with Gasteiger partial charge in [0.05, 0.1) is 18.0 Å². The first kappa shape index (κ1) is 31.4. The number of nitrogens with one attached hydrogen (secondary N) is 2. The summed E-state index contributed by atoms with van der Waals surface area (Å²) >= 11 is 0. The van der Waals surface area contributed by atoms with Gasteiger partial charge in [0.1, 0.15) is 11.9 Å². The second-order valence-corrected chi connectivity index (χ2v) is 13.4. The molecular weight excluding hydrogens is 613 g/mol. The third-order valence-electron chi connectivity index (χ3n) is 10.6. The van der Waals surface area contributed by atoms with E-state index in [0.717, 1.165) is 23.1 Å². The summed E-state index contributed by atoms with van der Waals surface area (Å²) in [6, 6.07) is 13.2. The smallest absolute Gasteiger partial charge is 0.248 e. The van der Waals surface area contributed by atoms with E-state index in [9.17, 15) is 24.0 Å². The Balaban J connectivity index is 1.32. The molecule has 4 aliphatic rings. The maximum atomic E-state index is 14.0. The quantitative estimate of drug-likeness (QED) is 0.256. The zero-order chi connectivity index (χ0) is 33.6. The van der Waals surface area contributed by atoms with Crippen molar-refractivity contribution in [2.45, 2.75) is 62.1 Å². The summed E-state index contributed by atoms with van der Waals surface area (Å²) in [6.45, 7) is -0.00127. The second-order valence-electron chi connectivity index (χ2n) is 13.4. The molecule has 2 aromatic carbocycles. The number of amides is 3. The number of hydrogen-bond acceptors (Lipinski definition) is 8. The number of fused-ring (bicyclic) bond motifs is 3. The average molecular weight is 650 g/mol. The molecule has 2 fully saturated rings. The molecule has 3 aliphatic carbocycles. The largest absolute Gasteiger partial charge is 0.366 e. The van der Waals surface area contributed by atoms with E-state index in [1.165, 1.54) is 12.1 Å². The summed E-state index contributed by atoms with van der Waals surface area (Å²) in [5.41, 5.74) is 13.8. The zero-order valence-electron chi connectivity index (χ0n) is 26.2. The normalized spacial score (nSPS) is 27.5. The van der Waals surface area contributed by atoms with Crippen molar-refractivity contribution in [1.29, 1.82) is 5.26 Å². The predicted octanol–water partition coefficient (Wildman–Crippen LogP) is 1.99. The second kappa shape index (κ2) is 12.4. The first-order chi connectivity index (χ1) is 23.2. The Morgan fingerprint density at radius 2 is 1.96 bits per heavy atom. The molecule has 12 nitrogen and oxygen atoms in total. The van der Waals surface area contributed by atoms with Crippen molar-refractivity contribution in [2.75, 3.05) is 6.54 Å². The number of piperidine rings is 1. The summed E-state index contributed by atoms with van der Waals surface area (Å²) in [7, 11) is 0. The summed E-state index contributed by atoms with van der Waals surface area (Å²) < 4.78 is 14.0. The highest BCUT2D eigenvalue weighted by Gasteiger charge is 2.54. The number of carbonyl (C=O) groups excluding carboxylic acids is 3. The van der Waals surface area contributed by atoms with Crippen LogP contribution in [-0.2, 0) is 27.8 Å². The fourth-order valence-corrected chi connectivity index (χ4v) is 8.31. The monoisotopic (exact) mass is 649 g/mol. The number of halogens is 1. The number of hydrogen-bond donors (Lipinski definition) is 4. The minimum atomic E-state index is -0.971. The van der Waals surface area contributed by atoms with Gasteiger partial charge in [-0.3, -0.25) is 14.4 Å². The number of benzene rings is 2. The van der Waals surface area contributed by atoms with Crippen molar-refractivity contribution in [2.24, 2.45) is 29.2 Å². The Morgan fingerprint density at radius 3 is 2.67 bits per heavy atom. The Bertz CT molecular complexity index is 1850. The number of tetrazole rings is 1. The molecule has 1 saturated heterocycles. The van der Waals surface area contributed by atoms with Gasteiger partial charge in [-0.15, -0.1) is 10.2 Å². The minimum absolute atomic E-state index is 0.00127. The van der Waals surface area contributed by atoms with Crippen molar-refractivity contribution in [3.8, 4) is 6.07 Å². The third-order valence-corrected chi connectivity index (χ3v) is 10.6. The van der Waals surface area contributed by atoms with Crippen LogP contribution in [0.5, 0.6) is 0 Å². The minimum Gasteiger partial charge on any atom is -0.366 e. The third kappa shape index (κ3) is 5.66. The Kier molecular flexibility index (Phi) is 8.12. The van der Waals surface area contributed by atoms with Gasteiger partial charge in [-0.2, -0.15) is 10.5 Å². The van der Waals surface area contributed by atoms with Crippen LogP contribution in [-0.4, -0.2) is 67.9 Å². The average Bonchev–Trinajstić information content (AvgIpc) is 3.46. The number of aromatic amines is 1. The van der Waals surface area contributed by atoms with Crippen LogP contribution >= 0.6 is 0 Å². The van der Waals surface area contributed by atoms with Crippen molar-refractivity contribution in [1.82, 2.24) is 30.8 Å². The highest BCUT2D eigenvalue weighted by atomic mass is 19.1. The summed E-state index contributed by atoms with van der Waals surface area (Å²) in [4.78, 5) is 40.0. The van der Waals surface area contributed by atoms with E-state index in [1.54, 1.807) is 35.2 Å². The molecule has 246 valence electrons. The molecule has 13 heteroatoms. The molecule has 3 aromatic rings. The molecule has 4 unspecified atom stereocenters. The van der Waals surface area contributed by atoms with Crippen LogP contribution in [0.4, 0.5) is 4.39 Å². The number of primary amides is 2. The van der Waals surface area contributed by atoms with Crippen LogP contribution in [0.2, 0.25) is 0 Å². The van der Waals surface area contributed by atoms with E-state index in [-0.39, 0.29) is 42.2 Å². The van der Waals surface area contributed by atoms with Gasteiger partial charge in [-0.1, -0.05) is 41.6 Å². The molecule has 1 saturated carbocycles. The Labute approximate surface area is 276 Å². The molecule has 0 bridgehead atoms. The zero-order valence-corrected chi connectivity index (χ0v) is 26.2. The van der Waals surface area contributed by atoms with Crippen molar-refractivity contribution >= 4 is 17.7 Å². The molecule has 2 heterocycles. The van der Waals surface area contributed by atoms with Crippen molar-refractivity contribution in [3.63, 3.8) is 0 Å². The molecule has 0 radical (unpaired) electrons. The number of aromatic nitrogens is 4. The first-order valence-corrected chi connectivity index (χ1v) is 16.2. The van der Waals surface area contributed by atoms with Crippen molar-refractivity contribution < 1.29 is 18.8 Å². The van der Waals surface area contributed by atoms with Gasteiger partial charge in [0.15, 0.2) is 5.82 Å². The van der Waals surface area contributed by atoms with Crippen LogP contribution < -0.4 is 16.8 Å². The van der Waals surface area contributed by atoms with E-state index in [4.69, 9.17) is 11.5 Å². The highest BCUT2D eigenvalue weighted by Crippen LogP contribution is 2.52. The number of H-pyrrole nitrogens is 1.